The first-order chi connectivity index (χ1) is 8.52. The lowest BCUT2D eigenvalue weighted by Gasteiger charge is -2.25. The van der Waals surface area contributed by atoms with Gasteiger partial charge in [-0.3, -0.25) is 0 Å². The largest absolute Gasteiger partial charge is 0.497 e. The second-order valence-corrected chi connectivity index (χ2v) is 5.01. The fourth-order valence-corrected chi connectivity index (χ4v) is 1.62. The summed E-state index contributed by atoms with van der Waals surface area (Å²) in [7, 11) is 1.60. The molecule has 0 aliphatic heterocycles. The Morgan fingerprint density at radius 2 is 2.17 bits per heavy atom. The molecule has 1 aromatic rings. The Morgan fingerprint density at radius 3 is 2.72 bits per heavy atom. The third-order valence-electron chi connectivity index (χ3n) is 2.89. The first kappa shape index (κ1) is 14.3. The molecule has 0 spiro atoms. The number of rotatable bonds is 6. The van der Waals surface area contributed by atoms with Crippen molar-refractivity contribution in [2.45, 2.75) is 20.3 Å². The minimum atomic E-state index is -0.0233. The van der Waals surface area contributed by atoms with Crippen molar-refractivity contribution in [1.82, 2.24) is 0 Å². The fraction of sp³-hybridized carbons (Fsp3) is 0.500. The number of aliphatic hydroxyl groups is 1. The van der Waals surface area contributed by atoms with Gasteiger partial charge in [-0.15, -0.1) is 0 Å². The monoisotopic (exact) mass is 248 g/mol. The molecule has 0 heterocycles. The summed E-state index contributed by atoms with van der Waals surface area (Å²) >= 11 is 0. The molecule has 0 amide bonds. The van der Waals surface area contributed by atoms with E-state index in [1.807, 2.05) is 6.07 Å². The molecule has 0 radical (unpaired) electrons. The maximum atomic E-state index is 9.04. The maximum Gasteiger partial charge on any atom is 0.121 e. The highest BCUT2D eigenvalue weighted by atomic mass is 16.5. The van der Waals surface area contributed by atoms with E-state index in [0.717, 1.165) is 11.4 Å². The van der Waals surface area contributed by atoms with E-state index in [2.05, 4.69) is 25.2 Å². The minimum absolute atomic E-state index is 0.0233. The zero-order chi connectivity index (χ0) is 13.6. The lowest BCUT2D eigenvalue weighted by atomic mass is 9.89. The standard InChI is InChI=1S/C14H20N2O2/c1-14(2,6-7-17)10-16-13-8-12(18-3)5-4-11(13)9-15/h4-5,8,16-17H,6-7,10H2,1-3H3. The van der Waals surface area contributed by atoms with Crippen LogP contribution in [-0.4, -0.2) is 25.4 Å². The van der Waals surface area contributed by atoms with Gasteiger partial charge in [0.2, 0.25) is 0 Å². The summed E-state index contributed by atoms with van der Waals surface area (Å²) in [5, 5.41) is 21.3. The van der Waals surface area contributed by atoms with Gasteiger partial charge < -0.3 is 15.2 Å². The fourth-order valence-electron chi connectivity index (χ4n) is 1.62. The number of ether oxygens (including phenoxy) is 1. The SMILES string of the molecule is COc1ccc(C#N)c(NCC(C)(C)CCO)c1. The predicted molar refractivity (Wildman–Crippen MR) is 71.7 cm³/mol. The van der Waals surface area contributed by atoms with Crippen LogP contribution in [-0.2, 0) is 0 Å². The lowest BCUT2D eigenvalue weighted by molar-refractivity contribution is 0.220. The Hall–Kier alpha value is -1.73. The number of benzene rings is 1. The van der Waals surface area contributed by atoms with Gasteiger partial charge >= 0.3 is 0 Å². The van der Waals surface area contributed by atoms with Crippen molar-refractivity contribution in [3.05, 3.63) is 23.8 Å². The molecule has 0 aliphatic rings. The summed E-state index contributed by atoms with van der Waals surface area (Å²) in [5.74, 6) is 0.719. The zero-order valence-electron chi connectivity index (χ0n) is 11.2. The van der Waals surface area contributed by atoms with Gasteiger partial charge in [-0.1, -0.05) is 13.8 Å². The van der Waals surface area contributed by atoms with E-state index in [0.29, 0.717) is 18.5 Å². The number of anilines is 1. The first-order valence-electron chi connectivity index (χ1n) is 5.95. The highest BCUT2D eigenvalue weighted by molar-refractivity contribution is 5.60. The summed E-state index contributed by atoms with van der Waals surface area (Å²) in [6, 6.07) is 7.46. The van der Waals surface area contributed by atoms with Crippen LogP contribution in [0.15, 0.2) is 18.2 Å². The number of nitrogens with zero attached hydrogens (tertiary/aromatic N) is 1. The van der Waals surface area contributed by atoms with Gasteiger partial charge in [-0.2, -0.15) is 5.26 Å². The van der Waals surface area contributed by atoms with Crippen molar-refractivity contribution in [3.8, 4) is 11.8 Å². The third-order valence-corrected chi connectivity index (χ3v) is 2.89. The number of nitrogens with one attached hydrogen (secondary N) is 1. The molecular formula is C14H20N2O2. The molecule has 98 valence electrons. The molecule has 0 atom stereocenters. The van der Waals surface area contributed by atoms with Crippen LogP contribution in [0.25, 0.3) is 0 Å². The van der Waals surface area contributed by atoms with Crippen LogP contribution < -0.4 is 10.1 Å². The smallest absolute Gasteiger partial charge is 0.121 e. The average Bonchev–Trinajstić information content (AvgIpc) is 2.36. The minimum Gasteiger partial charge on any atom is -0.497 e. The Kier molecular flexibility index (Phi) is 4.99. The molecule has 4 nitrogen and oxygen atoms in total. The van der Waals surface area contributed by atoms with Gasteiger partial charge in [0.15, 0.2) is 0 Å². The number of aliphatic hydroxyl groups excluding tert-OH is 1. The van der Waals surface area contributed by atoms with E-state index in [1.165, 1.54) is 0 Å². The summed E-state index contributed by atoms with van der Waals surface area (Å²) in [5.41, 5.74) is 1.34. The quantitative estimate of drug-likeness (QED) is 0.811. The molecule has 18 heavy (non-hydrogen) atoms. The van der Waals surface area contributed by atoms with Crippen molar-refractivity contribution in [3.63, 3.8) is 0 Å². The second kappa shape index (κ2) is 6.27. The lowest BCUT2D eigenvalue weighted by Crippen LogP contribution is -2.24. The molecule has 0 bridgehead atoms. The molecule has 0 unspecified atom stereocenters. The number of nitriles is 1. The van der Waals surface area contributed by atoms with Crippen molar-refractivity contribution in [1.29, 1.82) is 5.26 Å². The van der Waals surface area contributed by atoms with Gasteiger partial charge in [0.05, 0.1) is 18.4 Å². The Balaban J connectivity index is 2.80. The molecule has 0 fully saturated rings. The van der Waals surface area contributed by atoms with Crippen molar-refractivity contribution < 1.29 is 9.84 Å². The van der Waals surface area contributed by atoms with Crippen molar-refractivity contribution in [2.75, 3.05) is 25.6 Å². The molecule has 1 rings (SSSR count). The van der Waals surface area contributed by atoms with E-state index in [4.69, 9.17) is 15.1 Å². The van der Waals surface area contributed by atoms with Crippen LogP contribution in [0.1, 0.15) is 25.8 Å². The number of hydrogen-bond acceptors (Lipinski definition) is 4. The normalized spacial score (nSPS) is 10.8. The van der Waals surface area contributed by atoms with Crippen molar-refractivity contribution >= 4 is 5.69 Å². The molecule has 0 saturated carbocycles. The Labute approximate surface area is 108 Å². The van der Waals surface area contributed by atoms with Crippen LogP contribution in [0.4, 0.5) is 5.69 Å². The summed E-state index contributed by atoms with van der Waals surface area (Å²) in [4.78, 5) is 0. The third kappa shape index (κ3) is 3.94. The van der Waals surface area contributed by atoms with Gasteiger partial charge in [-0.25, -0.2) is 0 Å². The highest BCUT2D eigenvalue weighted by Crippen LogP contribution is 2.25. The first-order valence-corrected chi connectivity index (χ1v) is 5.95. The van der Waals surface area contributed by atoms with Gasteiger partial charge in [-0.05, 0) is 24.0 Å². The Morgan fingerprint density at radius 1 is 1.44 bits per heavy atom. The molecule has 2 N–H and O–H groups in total. The van der Waals surface area contributed by atoms with Crippen LogP contribution in [0.2, 0.25) is 0 Å². The average molecular weight is 248 g/mol. The topological polar surface area (TPSA) is 65.3 Å². The van der Waals surface area contributed by atoms with Crippen LogP contribution >= 0.6 is 0 Å². The van der Waals surface area contributed by atoms with E-state index in [1.54, 1.807) is 19.2 Å². The van der Waals surface area contributed by atoms with Gasteiger partial charge in [0.25, 0.3) is 0 Å². The molecule has 4 heteroatoms. The second-order valence-electron chi connectivity index (χ2n) is 5.01. The van der Waals surface area contributed by atoms with Crippen molar-refractivity contribution in [2.24, 2.45) is 5.41 Å². The zero-order valence-corrected chi connectivity index (χ0v) is 11.2. The van der Waals surface area contributed by atoms with Gasteiger partial charge in [0.1, 0.15) is 11.8 Å². The summed E-state index contributed by atoms with van der Waals surface area (Å²) in [6.07, 6.45) is 0.714. The molecule has 0 aliphatic carbocycles. The molecule has 1 aromatic carbocycles. The van der Waals surface area contributed by atoms with E-state index in [9.17, 15) is 0 Å². The maximum absolute atomic E-state index is 9.04. The van der Waals surface area contributed by atoms with Crippen LogP contribution in [0.3, 0.4) is 0 Å². The van der Waals surface area contributed by atoms with E-state index in [-0.39, 0.29) is 12.0 Å². The van der Waals surface area contributed by atoms with Crippen LogP contribution in [0, 0.1) is 16.7 Å². The van der Waals surface area contributed by atoms with Crippen LogP contribution in [0.5, 0.6) is 5.75 Å². The van der Waals surface area contributed by atoms with E-state index >= 15 is 0 Å². The number of hydrogen-bond donors (Lipinski definition) is 2. The summed E-state index contributed by atoms with van der Waals surface area (Å²) < 4.78 is 5.14. The Bertz CT molecular complexity index is 436. The molecular weight excluding hydrogens is 228 g/mol. The molecule has 0 saturated heterocycles. The number of methoxy groups -OCH3 is 1. The molecule has 0 aromatic heterocycles. The predicted octanol–water partition coefficient (Wildman–Crippen LogP) is 2.39. The highest BCUT2D eigenvalue weighted by Gasteiger charge is 2.17. The van der Waals surface area contributed by atoms with E-state index < -0.39 is 0 Å². The summed E-state index contributed by atoms with van der Waals surface area (Å²) in [6.45, 7) is 5.00. The van der Waals surface area contributed by atoms with Gasteiger partial charge in [0, 0.05) is 19.2 Å².